The van der Waals surface area contributed by atoms with Crippen LogP contribution < -0.4 is 5.73 Å². The number of nitrogen functional groups attached to an aromatic ring is 1. The van der Waals surface area contributed by atoms with Crippen molar-refractivity contribution in [1.82, 2.24) is 0 Å². The highest BCUT2D eigenvalue weighted by Crippen LogP contribution is 2.31. The second-order valence-corrected chi connectivity index (χ2v) is 3.08. The highest BCUT2D eigenvalue weighted by Gasteiger charge is 2.26. The van der Waals surface area contributed by atoms with E-state index in [1.165, 1.54) is 0 Å². The maximum absolute atomic E-state index is 12.8. The molecular formula is C9H9F4N. The molecule has 1 aromatic carbocycles. The lowest BCUT2D eigenvalue weighted by molar-refractivity contribution is 0.0172. The molecule has 0 bridgehead atoms. The van der Waals surface area contributed by atoms with E-state index < -0.39 is 23.5 Å². The first kappa shape index (κ1) is 10.8. The van der Waals surface area contributed by atoms with E-state index >= 15 is 0 Å². The average Bonchev–Trinajstić information content (AvgIpc) is 2.01. The van der Waals surface area contributed by atoms with Crippen LogP contribution in [0.15, 0.2) is 18.2 Å². The SMILES string of the molecule is CC(F)(F)c1cc(N)cc(C(F)F)c1. The van der Waals surface area contributed by atoms with Crippen molar-refractivity contribution in [3.63, 3.8) is 0 Å². The van der Waals surface area contributed by atoms with Gasteiger partial charge in [0.2, 0.25) is 0 Å². The van der Waals surface area contributed by atoms with Crippen LogP contribution in [0.2, 0.25) is 0 Å². The minimum absolute atomic E-state index is 0.0840. The predicted molar refractivity (Wildman–Crippen MR) is 45.4 cm³/mol. The van der Waals surface area contributed by atoms with Gasteiger partial charge >= 0.3 is 0 Å². The van der Waals surface area contributed by atoms with Crippen molar-refractivity contribution in [2.24, 2.45) is 0 Å². The molecule has 0 atom stereocenters. The van der Waals surface area contributed by atoms with Crippen LogP contribution in [0.5, 0.6) is 0 Å². The molecule has 0 amide bonds. The van der Waals surface area contributed by atoms with Gasteiger partial charge in [-0.15, -0.1) is 0 Å². The lowest BCUT2D eigenvalue weighted by atomic mass is 10.1. The molecule has 0 spiro atoms. The fraction of sp³-hybridized carbons (Fsp3) is 0.333. The summed E-state index contributed by atoms with van der Waals surface area (Å²) >= 11 is 0. The molecule has 0 aromatic heterocycles. The van der Waals surface area contributed by atoms with Gasteiger partial charge < -0.3 is 5.73 Å². The predicted octanol–water partition coefficient (Wildman–Crippen LogP) is 3.32. The second kappa shape index (κ2) is 3.48. The summed E-state index contributed by atoms with van der Waals surface area (Å²) in [5.41, 5.74) is 4.17. The topological polar surface area (TPSA) is 26.0 Å². The van der Waals surface area contributed by atoms with Crippen molar-refractivity contribution >= 4 is 5.69 Å². The minimum atomic E-state index is -3.15. The van der Waals surface area contributed by atoms with Gasteiger partial charge in [0.05, 0.1) is 0 Å². The van der Waals surface area contributed by atoms with Crippen LogP contribution in [0.4, 0.5) is 23.2 Å². The molecule has 1 aromatic rings. The Hall–Kier alpha value is -1.26. The van der Waals surface area contributed by atoms with E-state index in [1.54, 1.807) is 0 Å². The molecule has 14 heavy (non-hydrogen) atoms. The first-order valence-electron chi connectivity index (χ1n) is 3.87. The van der Waals surface area contributed by atoms with E-state index in [2.05, 4.69) is 0 Å². The van der Waals surface area contributed by atoms with Crippen LogP contribution in [0.3, 0.4) is 0 Å². The van der Waals surface area contributed by atoms with Gasteiger partial charge in [-0.2, -0.15) is 0 Å². The molecule has 0 unspecified atom stereocenters. The molecule has 0 heterocycles. The average molecular weight is 207 g/mol. The summed E-state index contributed by atoms with van der Waals surface area (Å²) in [7, 11) is 0. The van der Waals surface area contributed by atoms with E-state index in [-0.39, 0.29) is 5.69 Å². The van der Waals surface area contributed by atoms with E-state index in [4.69, 9.17) is 5.73 Å². The van der Waals surface area contributed by atoms with Crippen LogP contribution in [-0.2, 0) is 5.92 Å². The number of halogens is 4. The van der Waals surface area contributed by atoms with Gasteiger partial charge in [-0.05, 0) is 18.2 Å². The van der Waals surface area contributed by atoms with E-state index in [0.29, 0.717) is 6.92 Å². The lowest BCUT2D eigenvalue weighted by Crippen LogP contribution is -2.08. The van der Waals surface area contributed by atoms with Crippen molar-refractivity contribution in [2.45, 2.75) is 19.3 Å². The molecule has 2 N–H and O–H groups in total. The first-order valence-corrected chi connectivity index (χ1v) is 3.87. The zero-order valence-electron chi connectivity index (χ0n) is 7.40. The van der Waals surface area contributed by atoms with E-state index in [1.807, 2.05) is 0 Å². The lowest BCUT2D eigenvalue weighted by Gasteiger charge is -2.12. The van der Waals surface area contributed by atoms with Crippen molar-refractivity contribution < 1.29 is 17.6 Å². The molecule has 0 saturated heterocycles. The number of benzene rings is 1. The smallest absolute Gasteiger partial charge is 0.270 e. The quantitative estimate of drug-likeness (QED) is 0.584. The third-order valence-electron chi connectivity index (χ3n) is 1.74. The number of nitrogens with two attached hydrogens (primary N) is 1. The van der Waals surface area contributed by atoms with Gasteiger partial charge in [-0.25, -0.2) is 17.6 Å². The van der Waals surface area contributed by atoms with Crippen molar-refractivity contribution in [3.8, 4) is 0 Å². The van der Waals surface area contributed by atoms with Crippen LogP contribution >= 0.6 is 0 Å². The maximum Gasteiger partial charge on any atom is 0.270 e. The summed E-state index contributed by atoms with van der Waals surface area (Å²) in [5.74, 6) is -3.15. The molecule has 0 aliphatic heterocycles. The number of anilines is 1. The van der Waals surface area contributed by atoms with Crippen LogP contribution in [0, 0.1) is 0 Å². The van der Waals surface area contributed by atoms with Gasteiger partial charge in [-0.1, -0.05) is 0 Å². The zero-order chi connectivity index (χ0) is 10.9. The normalized spacial score (nSPS) is 12.1. The molecule has 0 aliphatic carbocycles. The molecule has 0 radical (unpaired) electrons. The molecule has 78 valence electrons. The van der Waals surface area contributed by atoms with Crippen LogP contribution in [-0.4, -0.2) is 0 Å². The Morgan fingerprint density at radius 3 is 2.21 bits per heavy atom. The molecule has 1 rings (SSSR count). The number of hydrogen-bond donors (Lipinski definition) is 1. The summed E-state index contributed by atoms with van der Waals surface area (Å²) < 4.78 is 50.0. The summed E-state index contributed by atoms with van der Waals surface area (Å²) in [5, 5.41) is 0. The molecule has 0 fully saturated rings. The van der Waals surface area contributed by atoms with Gasteiger partial charge in [0.25, 0.3) is 12.3 Å². The van der Waals surface area contributed by atoms with Gasteiger partial charge in [-0.3, -0.25) is 0 Å². The summed E-state index contributed by atoms with van der Waals surface area (Å²) in [6, 6.07) is 2.74. The first-order chi connectivity index (χ1) is 6.30. The van der Waals surface area contributed by atoms with Gasteiger partial charge in [0, 0.05) is 23.7 Å². The standard InChI is InChI=1S/C9H9F4N/c1-9(12,13)6-2-5(8(10)11)3-7(14)4-6/h2-4,8H,14H2,1H3. The summed E-state index contributed by atoms with van der Waals surface area (Å²) in [6.45, 7) is 0.636. The Morgan fingerprint density at radius 1 is 1.21 bits per heavy atom. The summed E-state index contributed by atoms with van der Waals surface area (Å²) in [6.07, 6.45) is -2.79. The molecule has 5 heteroatoms. The minimum Gasteiger partial charge on any atom is -0.399 e. The van der Waals surface area contributed by atoms with E-state index in [0.717, 1.165) is 18.2 Å². The summed E-state index contributed by atoms with van der Waals surface area (Å²) in [4.78, 5) is 0. The fourth-order valence-corrected chi connectivity index (χ4v) is 1.06. The van der Waals surface area contributed by atoms with Crippen LogP contribution in [0.25, 0.3) is 0 Å². The number of alkyl halides is 4. The highest BCUT2D eigenvalue weighted by molar-refractivity contribution is 5.46. The van der Waals surface area contributed by atoms with Gasteiger partial charge in [0.1, 0.15) is 0 Å². The van der Waals surface area contributed by atoms with Crippen molar-refractivity contribution in [2.75, 3.05) is 5.73 Å². The van der Waals surface area contributed by atoms with E-state index in [9.17, 15) is 17.6 Å². The molecule has 1 nitrogen and oxygen atoms in total. The second-order valence-electron chi connectivity index (χ2n) is 3.08. The maximum atomic E-state index is 12.8. The third-order valence-corrected chi connectivity index (χ3v) is 1.74. The Bertz CT molecular complexity index is 330. The van der Waals surface area contributed by atoms with Gasteiger partial charge in [0.15, 0.2) is 0 Å². The van der Waals surface area contributed by atoms with Crippen molar-refractivity contribution in [3.05, 3.63) is 29.3 Å². The molecule has 0 saturated carbocycles. The van der Waals surface area contributed by atoms with Crippen LogP contribution in [0.1, 0.15) is 24.5 Å². The largest absolute Gasteiger partial charge is 0.399 e. The number of rotatable bonds is 2. The zero-order valence-corrected chi connectivity index (χ0v) is 7.40. The van der Waals surface area contributed by atoms with Crippen molar-refractivity contribution in [1.29, 1.82) is 0 Å². The Balaban J connectivity index is 3.21. The Kier molecular flexibility index (Phi) is 2.69. The Labute approximate surface area is 78.5 Å². The molecular weight excluding hydrogens is 198 g/mol. The molecule has 0 aliphatic rings. The Morgan fingerprint density at radius 2 is 1.79 bits per heavy atom. The number of hydrogen-bond acceptors (Lipinski definition) is 1. The third kappa shape index (κ3) is 2.37. The fourth-order valence-electron chi connectivity index (χ4n) is 1.06. The highest BCUT2D eigenvalue weighted by atomic mass is 19.3. The monoisotopic (exact) mass is 207 g/mol.